The lowest BCUT2D eigenvalue weighted by Crippen LogP contribution is -2.63. The lowest BCUT2D eigenvalue weighted by molar-refractivity contribution is -0.127. The van der Waals surface area contributed by atoms with Crippen molar-refractivity contribution in [3.05, 3.63) is 53.9 Å². The van der Waals surface area contributed by atoms with Crippen LogP contribution >= 0.6 is 0 Å². The highest BCUT2D eigenvalue weighted by Gasteiger charge is 2.49. The number of aromatic nitrogens is 3. The van der Waals surface area contributed by atoms with Crippen LogP contribution in [0, 0.1) is 11.6 Å². The molecule has 10 heteroatoms. The largest absolute Gasteiger partial charge is 0.462 e. The quantitative estimate of drug-likeness (QED) is 0.417. The number of benzene rings is 1. The smallest absolute Gasteiger partial charge is 0.319 e. The van der Waals surface area contributed by atoms with Crippen molar-refractivity contribution in [1.82, 2.24) is 24.8 Å². The number of rotatable bonds is 6. The molecule has 3 atom stereocenters. The van der Waals surface area contributed by atoms with E-state index in [4.69, 9.17) is 9.72 Å². The number of pyridine rings is 1. The number of hydrogen-bond donors (Lipinski definition) is 0. The summed E-state index contributed by atoms with van der Waals surface area (Å²) < 4.78 is 38.5. The maximum absolute atomic E-state index is 16.5. The Morgan fingerprint density at radius 3 is 2.78 bits per heavy atom. The molecule has 41 heavy (non-hydrogen) atoms. The summed E-state index contributed by atoms with van der Waals surface area (Å²) in [6.07, 6.45) is 11.2. The van der Waals surface area contributed by atoms with E-state index in [1.807, 2.05) is 16.0 Å². The first kappa shape index (κ1) is 26.3. The van der Waals surface area contributed by atoms with E-state index in [0.717, 1.165) is 62.6 Å². The molecule has 4 aliphatic rings. The summed E-state index contributed by atoms with van der Waals surface area (Å²) in [4.78, 5) is 32.0. The number of ether oxygens (including phenoxy) is 1. The summed E-state index contributed by atoms with van der Waals surface area (Å²) in [6.45, 7) is 6.14. The van der Waals surface area contributed by atoms with Crippen LogP contribution in [-0.4, -0.2) is 82.1 Å². The summed E-state index contributed by atoms with van der Waals surface area (Å²) in [5, 5.41) is 0.304. The first-order valence-electron chi connectivity index (χ1n) is 14.6. The van der Waals surface area contributed by atoms with Gasteiger partial charge in [0.2, 0.25) is 5.91 Å². The third-order valence-electron chi connectivity index (χ3n) is 9.48. The fourth-order valence-electron chi connectivity index (χ4n) is 7.18. The van der Waals surface area contributed by atoms with Crippen molar-refractivity contribution in [2.75, 3.05) is 38.2 Å². The molecule has 8 nitrogen and oxygen atoms in total. The van der Waals surface area contributed by atoms with Gasteiger partial charge in [0.15, 0.2) is 5.82 Å². The predicted octanol–water partition coefficient (Wildman–Crippen LogP) is 4.30. The minimum Gasteiger partial charge on any atom is -0.462 e. The van der Waals surface area contributed by atoms with Gasteiger partial charge < -0.3 is 19.4 Å². The molecule has 0 bridgehead atoms. The van der Waals surface area contributed by atoms with Crippen LogP contribution in [0.4, 0.5) is 14.6 Å². The number of amides is 1. The van der Waals surface area contributed by atoms with Crippen molar-refractivity contribution in [3.8, 4) is 17.1 Å². The number of halogens is 2. The Morgan fingerprint density at radius 2 is 1.98 bits per heavy atom. The van der Waals surface area contributed by atoms with E-state index in [0.29, 0.717) is 36.5 Å². The van der Waals surface area contributed by atoms with Crippen molar-refractivity contribution in [3.63, 3.8) is 0 Å². The zero-order valence-electron chi connectivity index (χ0n) is 23.3. The number of anilines is 1. The van der Waals surface area contributed by atoms with E-state index in [9.17, 15) is 4.79 Å². The lowest BCUT2D eigenvalue weighted by Gasteiger charge is -2.47. The van der Waals surface area contributed by atoms with Gasteiger partial charge >= 0.3 is 6.01 Å². The molecule has 0 N–H and O–H groups in total. The number of carbonyl (C=O) groups excluding carboxylic acids is 1. The Bertz CT molecular complexity index is 1550. The minimum atomic E-state index is -0.723. The van der Waals surface area contributed by atoms with Gasteiger partial charge in [-0.3, -0.25) is 9.78 Å². The third-order valence-corrected chi connectivity index (χ3v) is 9.48. The van der Waals surface area contributed by atoms with Crippen LogP contribution in [0.3, 0.4) is 0 Å². The molecule has 0 saturated carbocycles. The fraction of sp³-hybridized carbons (Fsp3) is 0.484. The zero-order valence-corrected chi connectivity index (χ0v) is 23.3. The SMILES string of the molecule is C=CC(=O)N1CCC2[C@H]1CN2c1nc(OC[C@@H]2CCCN2C)nc2c(F)c(-c3cncc4c3CCCC4)c(F)cc12. The predicted molar refractivity (Wildman–Crippen MR) is 152 cm³/mol. The van der Waals surface area contributed by atoms with Gasteiger partial charge in [-0.15, -0.1) is 0 Å². The second-order valence-electron chi connectivity index (χ2n) is 11.7. The average Bonchev–Trinajstić information content (AvgIpc) is 3.53. The second kappa shape index (κ2) is 10.3. The summed E-state index contributed by atoms with van der Waals surface area (Å²) in [5.41, 5.74) is 2.44. The van der Waals surface area contributed by atoms with E-state index in [1.165, 1.54) is 12.1 Å². The van der Waals surface area contributed by atoms with E-state index >= 15 is 8.78 Å². The van der Waals surface area contributed by atoms with Crippen molar-refractivity contribution in [2.45, 2.75) is 63.1 Å². The van der Waals surface area contributed by atoms with Gasteiger partial charge in [0, 0.05) is 42.5 Å². The second-order valence-corrected chi connectivity index (χ2v) is 11.7. The Kier molecular flexibility index (Phi) is 6.60. The first-order chi connectivity index (χ1) is 19.9. The molecule has 1 unspecified atom stereocenters. The zero-order chi connectivity index (χ0) is 28.2. The van der Waals surface area contributed by atoms with Gasteiger partial charge in [-0.25, -0.2) is 8.78 Å². The van der Waals surface area contributed by atoms with Crippen LogP contribution in [0.25, 0.3) is 22.0 Å². The molecule has 1 amide bonds. The van der Waals surface area contributed by atoms with Crippen molar-refractivity contribution in [2.24, 2.45) is 0 Å². The van der Waals surface area contributed by atoms with Crippen molar-refractivity contribution >= 4 is 22.6 Å². The van der Waals surface area contributed by atoms with Crippen LogP contribution < -0.4 is 9.64 Å². The van der Waals surface area contributed by atoms with Gasteiger partial charge in [-0.05, 0) is 81.8 Å². The molecule has 2 aromatic heterocycles. The number of aryl methyl sites for hydroxylation is 1. The molecule has 3 saturated heterocycles. The van der Waals surface area contributed by atoms with Crippen LogP contribution in [0.5, 0.6) is 6.01 Å². The number of hydrogen-bond acceptors (Lipinski definition) is 7. The number of likely N-dealkylation sites (N-methyl/N-ethyl adjacent to an activating group) is 1. The maximum Gasteiger partial charge on any atom is 0.319 e. The highest BCUT2D eigenvalue weighted by atomic mass is 19.1. The van der Waals surface area contributed by atoms with E-state index < -0.39 is 11.6 Å². The van der Waals surface area contributed by atoms with Crippen LogP contribution in [-0.2, 0) is 17.6 Å². The van der Waals surface area contributed by atoms with Crippen molar-refractivity contribution in [1.29, 1.82) is 0 Å². The Hall–Kier alpha value is -3.66. The monoisotopic (exact) mass is 560 g/mol. The summed E-state index contributed by atoms with van der Waals surface area (Å²) >= 11 is 0. The molecule has 7 rings (SSSR count). The molecular formula is C31H34F2N6O2. The summed E-state index contributed by atoms with van der Waals surface area (Å²) in [7, 11) is 2.06. The molecule has 1 aromatic carbocycles. The van der Waals surface area contributed by atoms with E-state index in [1.54, 1.807) is 6.20 Å². The molecule has 5 heterocycles. The highest BCUT2D eigenvalue weighted by Crippen LogP contribution is 2.42. The van der Waals surface area contributed by atoms with Gasteiger partial charge in [0.05, 0.1) is 17.6 Å². The molecule has 3 fully saturated rings. The topological polar surface area (TPSA) is 74.7 Å². The molecule has 1 aliphatic carbocycles. The van der Waals surface area contributed by atoms with Gasteiger partial charge in [-0.2, -0.15) is 9.97 Å². The summed E-state index contributed by atoms with van der Waals surface area (Å²) in [5.74, 6) is -1.04. The molecule has 0 radical (unpaired) electrons. The average molecular weight is 561 g/mol. The van der Waals surface area contributed by atoms with Crippen molar-refractivity contribution < 1.29 is 18.3 Å². The lowest BCUT2D eigenvalue weighted by atomic mass is 9.87. The highest BCUT2D eigenvalue weighted by molar-refractivity contribution is 5.95. The number of nitrogens with zero attached hydrogens (tertiary/aromatic N) is 6. The maximum atomic E-state index is 16.5. The van der Waals surface area contributed by atoms with E-state index in [-0.39, 0.29) is 41.1 Å². The Morgan fingerprint density at radius 1 is 1.12 bits per heavy atom. The van der Waals surface area contributed by atoms with Gasteiger partial charge in [0.25, 0.3) is 0 Å². The molecule has 214 valence electrons. The first-order valence-corrected chi connectivity index (χ1v) is 14.6. The normalized spacial score (nSPS) is 23.8. The van der Waals surface area contributed by atoms with Crippen LogP contribution in [0.15, 0.2) is 31.1 Å². The van der Waals surface area contributed by atoms with Crippen LogP contribution in [0.2, 0.25) is 0 Å². The van der Waals surface area contributed by atoms with Gasteiger partial charge in [-0.1, -0.05) is 6.58 Å². The van der Waals surface area contributed by atoms with Gasteiger partial charge in [0.1, 0.15) is 23.8 Å². The molecule has 3 aromatic rings. The van der Waals surface area contributed by atoms with Crippen LogP contribution in [0.1, 0.15) is 43.2 Å². The number of fused-ring (bicyclic) bond motifs is 3. The Balaban J connectivity index is 1.32. The molecule has 3 aliphatic heterocycles. The number of likely N-dealkylation sites (tertiary alicyclic amines) is 2. The fourth-order valence-corrected chi connectivity index (χ4v) is 7.18. The number of carbonyl (C=O) groups is 1. The minimum absolute atomic E-state index is 0.00181. The standard InChI is InChI=1S/C31H34F2N6O2/c1-3-26(40)38-12-10-24-25(38)16-39(24)30-21-13-23(32)27(22-15-34-14-18-7-4-5-9-20(18)22)28(33)29(21)35-31(36-30)41-17-19-8-6-11-37(19)2/h3,13-15,19,24-25H,1,4-12,16-17H2,2H3/t19-,24?,25+/m0/s1. The van der Waals surface area contributed by atoms with E-state index in [2.05, 4.69) is 28.5 Å². The molecular weight excluding hydrogens is 526 g/mol. The summed E-state index contributed by atoms with van der Waals surface area (Å²) in [6, 6.07) is 1.68. The molecule has 0 spiro atoms. The third kappa shape index (κ3) is 4.34. The Labute approximate surface area is 238 Å².